The van der Waals surface area contributed by atoms with Crippen LogP contribution < -0.4 is 0 Å². The maximum Gasteiger partial charge on any atom is 0.150 e. The minimum absolute atomic E-state index is 0.222. The van der Waals surface area contributed by atoms with Crippen LogP contribution in [0, 0.1) is 17.0 Å². The number of rotatable bonds is 1. The molecule has 0 bridgehead atoms. The molecular formula is C20H29BF2. The van der Waals surface area contributed by atoms with E-state index in [0.29, 0.717) is 18.4 Å². The minimum Gasteiger partial charge on any atom is -0.207 e. The number of benzene rings is 1. The van der Waals surface area contributed by atoms with Crippen LogP contribution in [0.3, 0.4) is 0 Å². The quantitative estimate of drug-likeness (QED) is 0.520. The van der Waals surface area contributed by atoms with Crippen molar-refractivity contribution in [1.29, 1.82) is 0 Å². The molecule has 1 aliphatic heterocycles. The van der Waals surface area contributed by atoms with Crippen LogP contribution in [0.1, 0.15) is 70.9 Å². The Morgan fingerprint density at radius 1 is 1.04 bits per heavy atom. The maximum absolute atomic E-state index is 14.2. The van der Waals surface area contributed by atoms with Crippen LogP contribution in [0.25, 0.3) is 0 Å². The zero-order chi connectivity index (χ0) is 17.0. The number of halogens is 2. The average molecular weight is 318 g/mol. The fourth-order valence-corrected chi connectivity index (χ4v) is 5.04. The molecule has 23 heavy (non-hydrogen) atoms. The van der Waals surface area contributed by atoms with Crippen molar-refractivity contribution in [2.24, 2.45) is 5.41 Å². The van der Waals surface area contributed by atoms with Gasteiger partial charge in [-0.25, -0.2) is 8.78 Å². The Balaban J connectivity index is 2.00. The zero-order valence-electron chi connectivity index (χ0n) is 15.2. The van der Waals surface area contributed by atoms with Crippen molar-refractivity contribution in [3.8, 4) is 0 Å². The van der Waals surface area contributed by atoms with Crippen molar-refractivity contribution < 1.29 is 8.78 Å². The molecule has 2 atom stereocenters. The van der Waals surface area contributed by atoms with Crippen LogP contribution in [0.2, 0.25) is 17.5 Å². The highest BCUT2D eigenvalue weighted by Gasteiger charge is 2.50. The van der Waals surface area contributed by atoms with E-state index in [1.807, 2.05) is 0 Å². The predicted octanol–water partition coefficient (Wildman–Crippen LogP) is 6.48. The Labute approximate surface area is 140 Å². The highest BCUT2D eigenvalue weighted by Crippen LogP contribution is 2.59. The van der Waals surface area contributed by atoms with Crippen LogP contribution in [0.5, 0.6) is 0 Å². The van der Waals surface area contributed by atoms with Gasteiger partial charge in [-0.1, -0.05) is 64.9 Å². The summed E-state index contributed by atoms with van der Waals surface area (Å²) in [6.07, 6.45) is 5.31. The van der Waals surface area contributed by atoms with E-state index in [1.54, 1.807) is 6.07 Å². The molecule has 1 heterocycles. The van der Waals surface area contributed by atoms with Crippen LogP contribution in [0.4, 0.5) is 8.78 Å². The molecule has 2 aliphatic rings. The van der Waals surface area contributed by atoms with Gasteiger partial charge in [-0.05, 0) is 41.4 Å². The summed E-state index contributed by atoms with van der Waals surface area (Å²) < 4.78 is 28.0. The van der Waals surface area contributed by atoms with Gasteiger partial charge in [0.15, 0.2) is 0 Å². The molecule has 0 radical (unpaired) electrons. The van der Waals surface area contributed by atoms with E-state index in [0.717, 1.165) is 36.5 Å². The van der Waals surface area contributed by atoms with Gasteiger partial charge < -0.3 is 0 Å². The van der Waals surface area contributed by atoms with Crippen molar-refractivity contribution in [2.75, 3.05) is 0 Å². The van der Waals surface area contributed by atoms with Gasteiger partial charge in [0, 0.05) is 6.07 Å². The summed E-state index contributed by atoms with van der Waals surface area (Å²) in [5.41, 5.74) is 1.97. The summed E-state index contributed by atoms with van der Waals surface area (Å²) in [6, 6.07) is 2.67. The molecule has 2 unspecified atom stereocenters. The van der Waals surface area contributed by atoms with Gasteiger partial charge in [0.1, 0.15) is 18.3 Å². The van der Waals surface area contributed by atoms with Gasteiger partial charge in [-0.3, -0.25) is 0 Å². The van der Waals surface area contributed by atoms with Gasteiger partial charge >= 0.3 is 0 Å². The second-order valence-corrected chi connectivity index (χ2v) is 9.27. The third kappa shape index (κ3) is 2.74. The molecule has 1 aromatic rings. The number of fused-ring (bicyclic) bond motifs is 3. The Morgan fingerprint density at radius 3 is 2.39 bits per heavy atom. The topological polar surface area (TPSA) is 0 Å². The van der Waals surface area contributed by atoms with Gasteiger partial charge in [0.2, 0.25) is 0 Å². The molecule has 0 amide bonds. The molecule has 0 nitrogen and oxygen atoms in total. The zero-order valence-corrected chi connectivity index (χ0v) is 15.2. The van der Waals surface area contributed by atoms with Gasteiger partial charge in [-0.2, -0.15) is 0 Å². The SMILES string of the molecule is CC(C)(C)C(C)(C)B1CCCC2c3cc(F)cc(F)c3CCC12. The molecule has 1 aliphatic carbocycles. The predicted molar refractivity (Wildman–Crippen MR) is 94.5 cm³/mol. The van der Waals surface area contributed by atoms with Crippen LogP contribution in [-0.4, -0.2) is 6.71 Å². The molecular weight excluding hydrogens is 289 g/mol. The number of hydrogen-bond acceptors (Lipinski definition) is 0. The summed E-state index contributed by atoms with van der Waals surface area (Å²) >= 11 is 0. The van der Waals surface area contributed by atoms with Crippen molar-refractivity contribution in [1.82, 2.24) is 0 Å². The maximum atomic E-state index is 14.2. The molecule has 3 rings (SSSR count). The Bertz CT molecular complexity index is 600. The van der Waals surface area contributed by atoms with Crippen molar-refractivity contribution in [3.63, 3.8) is 0 Å². The summed E-state index contributed by atoms with van der Waals surface area (Å²) in [5, 5.41) is 0.222. The van der Waals surface area contributed by atoms with Gasteiger partial charge in [0.05, 0.1) is 0 Å². The van der Waals surface area contributed by atoms with E-state index < -0.39 is 5.82 Å². The first kappa shape index (κ1) is 17.0. The lowest BCUT2D eigenvalue weighted by Crippen LogP contribution is -2.46. The number of hydrogen-bond donors (Lipinski definition) is 0. The Hall–Kier alpha value is -0.855. The van der Waals surface area contributed by atoms with Gasteiger partial charge in [0.25, 0.3) is 0 Å². The third-order valence-electron chi connectivity index (χ3n) is 7.25. The molecule has 1 saturated heterocycles. The summed E-state index contributed by atoms with van der Waals surface area (Å²) in [4.78, 5) is 0. The second-order valence-electron chi connectivity index (χ2n) is 9.27. The van der Waals surface area contributed by atoms with E-state index in [1.165, 1.54) is 12.7 Å². The summed E-state index contributed by atoms with van der Waals surface area (Å²) in [5.74, 6) is 0.144. The third-order valence-corrected chi connectivity index (χ3v) is 7.25. The molecule has 0 N–H and O–H groups in total. The van der Waals surface area contributed by atoms with E-state index in [-0.39, 0.29) is 16.5 Å². The molecule has 3 heteroatoms. The Kier molecular flexibility index (Phi) is 4.14. The highest BCUT2D eigenvalue weighted by molar-refractivity contribution is 6.64. The summed E-state index contributed by atoms with van der Waals surface area (Å²) in [7, 11) is 0. The Morgan fingerprint density at radius 2 is 1.74 bits per heavy atom. The van der Waals surface area contributed by atoms with Crippen molar-refractivity contribution in [2.45, 2.75) is 83.7 Å². The van der Waals surface area contributed by atoms with E-state index >= 15 is 0 Å². The lowest BCUT2D eigenvalue weighted by molar-refractivity contribution is 0.281. The second kappa shape index (κ2) is 5.60. The molecule has 0 spiro atoms. The molecule has 0 saturated carbocycles. The van der Waals surface area contributed by atoms with Gasteiger partial charge in [-0.15, -0.1) is 0 Å². The van der Waals surface area contributed by atoms with Crippen molar-refractivity contribution >= 4 is 6.71 Å². The lowest BCUT2D eigenvalue weighted by Gasteiger charge is -2.52. The normalized spacial score (nSPS) is 25.1. The highest BCUT2D eigenvalue weighted by atomic mass is 19.1. The fraction of sp³-hybridized carbons (Fsp3) is 0.700. The van der Waals surface area contributed by atoms with E-state index in [4.69, 9.17) is 0 Å². The van der Waals surface area contributed by atoms with Crippen LogP contribution in [0.15, 0.2) is 12.1 Å². The largest absolute Gasteiger partial charge is 0.207 e. The van der Waals surface area contributed by atoms with E-state index in [2.05, 4.69) is 34.6 Å². The first-order valence-corrected chi connectivity index (χ1v) is 9.10. The molecule has 1 fully saturated rings. The van der Waals surface area contributed by atoms with Crippen LogP contribution >= 0.6 is 0 Å². The van der Waals surface area contributed by atoms with Crippen molar-refractivity contribution in [3.05, 3.63) is 34.9 Å². The first-order valence-electron chi connectivity index (χ1n) is 9.10. The minimum atomic E-state index is -0.417. The lowest BCUT2D eigenvalue weighted by atomic mass is 9.19. The molecule has 1 aromatic carbocycles. The fourth-order valence-electron chi connectivity index (χ4n) is 5.04. The first-order chi connectivity index (χ1) is 10.6. The smallest absolute Gasteiger partial charge is 0.150 e. The monoisotopic (exact) mass is 318 g/mol. The van der Waals surface area contributed by atoms with Crippen LogP contribution in [-0.2, 0) is 6.42 Å². The molecule has 0 aromatic heterocycles. The standard InChI is InChI=1S/C20H29BF2/c1-19(2,3)20(4,5)21-10-6-7-14-16-11-13(22)12-18(23)15(16)8-9-17(14)21/h11-12,14,17H,6-10H2,1-5H3. The summed E-state index contributed by atoms with van der Waals surface area (Å²) in [6.45, 7) is 12.4. The average Bonchev–Trinajstić information content (AvgIpc) is 2.45. The van der Waals surface area contributed by atoms with E-state index in [9.17, 15) is 8.78 Å². The molecule has 126 valence electrons.